The summed E-state index contributed by atoms with van der Waals surface area (Å²) < 4.78 is 0. The number of carboxylic acid groups (broad SMARTS) is 1. The molecule has 0 rings (SSSR count). The predicted octanol–water partition coefficient (Wildman–Crippen LogP) is 1.49. The van der Waals surface area contributed by atoms with Gasteiger partial charge in [-0.2, -0.15) is 0 Å². The van der Waals surface area contributed by atoms with Gasteiger partial charge in [-0.15, -0.1) is 0 Å². The van der Waals surface area contributed by atoms with Crippen LogP contribution < -0.4 is 5.32 Å². The minimum absolute atomic E-state index is 0.0645. The van der Waals surface area contributed by atoms with E-state index in [1.807, 2.05) is 27.7 Å². The molecule has 11 heavy (non-hydrogen) atoms. The van der Waals surface area contributed by atoms with E-state index in [2.05, 4.69) is 5.32 Å². The normalized spacial score (nSPS) is 11.3. The first kappa shape index (κ1) is 13.1. The highest BCUT2D eigenvalue weighted by Crippen LogP contribution is 1.85. The average molecular weight is 161 g/mol. The third-order valence-corrected chi connectivity index (χ3v) is 1.21. The summed E-state index contributed by atoms with van der Waals surface area (Å²) in [4.78, 5) is 9.96. The quantitative estimate of drug-likeness (QED) is 0.656. The smallest absolute Gasteiger partial charge is 0.317 e. The van der Waals surface area contributed by atoms with Gasteiger partial charge < -0.3 is 10.4 Å². The molecule has 0 aliphatic carbocycles. The summed E-state index contributed by atoms with van der Waals surface area (Å²) in [6, 6.07) is 0.307. The molecule has 0 saturated heterocycles. The van der Waals surface area contributed by atoms with Gasteiger partial charge in [-0.25, -0.2) is 0 Å². The van der Waals surface area contributed by atoms with Crippen molar-refractivity contribution in [1.29, 1.82) is 0 Å². The fourth-order valence-corrected chi connectivity index (χ4v) is 0.406. The number of hydrogen-bond acceptors (Lipinski definition) is 2. The summed E-state index contributed by atoms with van der Waals surface area (Å²) in [5, 5.41) is 11.0. The van der Waals surface area contributed by atoms with Crippen molar-refractivity contribution in [3.05, 3.63) is 0 Å². The average Bonchev–Trinajstić information content (AvgIpc) is 2.04. The van der Waals surface area contributed by atoms with Crippen LogP contribution in [0.2, 0.25) is 0 Å². The minimum Gasteiger partial charge on any atom is -0.480 e. The zero-order chi connectivity index (χ0) is 9.28. The van der Waals surface area contributed by atoms with Crippen LogP contribution in [0.4, 0.5) is 0 Å². The molecule has 68 valence electrons. The van der Waals surface area contributed by atoms with Crippen molar-refractivity contribution >= 4 is 5.97 Å². The molecular formula is C8H19NO2. The molecule has 0 aliphatic rings. The van der Waals surface area contributed by atoms with Gasteiger partial charge in [0.2, 0.25) is 0 Å². The lowest BCUT2D eigenvalue weighted by Gasteiger charge is -2.07. The molecule has 0 aromatic rings. The molecule has 1 atom stereocenters. The Balaban J connectivity index is 0. The largest absolute Gasteiger partial charge is 0.480 e. The van der Waals surface area contributed by atoms with Crippen molar-refractivity contribution in [2.24, 2.45) is 0 Å². The van der Waals surface area contributed by atoms with Crippen molar-refractivity contribution < 1.29 is 9.90 Å². The highest BCUT2D eigenvalue weighted by molar-refractivity contribution is 5.69. The molecule has 0 aromatic carbocycles. The molecule has 3 nitrogen and oxygen atoms in total. The molecule has 0 bridgehead atoms. The third kappa shape index (κ3) is 12.6. The van der Waals surface area contributed by atoms with Gasteiger partial charge in [0.05, 0.1) is 6.54 Å². The summed E-state index contributed by atoms with van der Waals surface area (Å²) in [6.45, 7) is 8.04. The monoisotopic (exact) mass is 161 g/mol. The van der Waals surface area contributed by atoms with Crippen LogP contribution in [0.1, 0.15) is 34.1 Å². The molecular weight excluding hydrogens is 142 g/mol. The van der Waals surface area contributed by atoms with Gasteiger partial charge in [-0.1, -0.05) is 20.8 Å². The molecule has 0 amide bonds. The van der Waals surface area contributed by atoms with Crippen LogP contribution in [0.3, 0.4) is 0 Å². The summed E-state index contributed by atoms with van der Waals surface area (Å²) in [5.74, 6) is -0.796. The van der Waals surface area contributed by atoms with Gasteiger partial charge >= 0.3 is 5.97 Å². The zero-order valence-electron chi connectivity index (χ0n) is 7.85. The maximum absolute atomic E-state index is 9.96. The number of nitrogens with one attached hydrogen (secondary N) is 1. The Morgan fingerprint density at radius 1 is 1.55 bits per heavy atom. The Labute approximate surface area is 68.8 Å². The number of carbonyl (C=O) groups is 1. The molecule has 0 spiro atoms. The first-order chi connectivity index (χ1) is 5.16. The number of aliphatic carboxylic acids is 1. The van der Waals surface area contributed by atoms with Crippen LogP contribution in [0.25, 0.3) is 0 Å². The number of hydrogen-bond donors (Lipinski definition) is 2. The Kier molecular flexibility index (Phi) is 11.2. The Bertz CT molecular complexity index is 94.1. The van der Waals surface area contributed by atoms with Crippen LogP contribution in [0.5, 0.6) is 0 Å². The third-order valence-electron chi connectivity index (χ3n) is 1.21. The molecule has 0 radical (unpaired) electrons. The molecule has 0 saturated carbocycles. The Morgan fingerprint density at radius 2 is 2.00 bits per heavy atom. The molecule has 0 fully saturated rings. The minimum atomic E-state index is -0.796. The second kappa shape index (κ2) is 9.43. The fourth-order valence-electron chi connectivity index (χ4n) is 0.406. The van der Waals surface area contributed by atoms with Gasteiger partial charge in [-0.05, 0) is 13.3 Å². The second-order valence-corrected chi connectivity index (χ2v) is 2.08. The highest BCUT2D eigenvalue weighted by atomic mass is 16.4. The van der Waals surface area contributed by atoms with Crippen LogP contribution in [-0.2, 0) is 4.79 Å². The number of carboxylic acids is 1. The van der Waals surface area contributed by atoms with Gasteiger partial charge in [0.1, 0.15) is 0 Å². The predicted molar refractivity (Wildman–Crippen MR) is 46.7 cm³/mol. The first-order valence-electron chi connectivity index (χ1n) is 4.12. The van der Waals surface area contributed by atoms with E-state index in [1.54, 1.807) is 0 Å². The van der Waals surface area contributed by atoms with E-state index >= 15 is 0 Å². The standard InChI is InChI=1S/C6H13NO2.C2H6/c1-3-5(2)7-4-6(8)9;1-2/h5,7H,3-4H2,1-2H3,(H,8,9);1-2H3. The lowest BCUT2D eigenvalue weighted by Crippen LogP contribution is -2.30. The Morgan fingerprint density at radius 3 is 2.27 bits per heavy atom. The van der Waals surface area contributed by atoms with Crippen molar-refractivity contribution in [2.45, 2.75) is 40.2 Å². The summed E-state index contributed by atoms with van der Waals surface area (Å²) in [7, 11) is 0. The van der Waals surface area contributed by atoms with Gasteiger partial charge in [0.25, 0.3) is 0 Å². The van der Waals surface area contributed by atoms with Crippen molar-refractivity contribution in [3.8, 4) is 0 Å². The summed E-state index contributed by atoms with van der Waals surface area (Å²) in [6.07, 6.45) is 0.966. The van der Waals surface area contributed by atoms with E-state index < -0.39 is 5.97 Å². The van der Waals surface area contributed by atoms with Crippen LogP contribution in [-0.4, -0.2) is 23.7 Å². The second-order valence-electron chi connectivity index (χ2n) is 2.08. The van der Waals surface area contributed by atoms with Gasteiger partial charge in [0, 0.05) is 6.04 Å². The van der Waals surface area contributed by atoms with Gasteiger partial charge in [0.15, 0.2) is 0 Å². The summed E-state index contributed by atoms with van der Waals surface area (Å²) in [5.41, 5.74) is 0. The Hall–Kier alpha value is -0.570. The molecule has 3 heteroatoms. The topological polar surface area (TPSA) is 49.3 Å². The molecule has 1 unspecified atom stereocenters. The van der Waals surface area contributed by atoms with Crippen molar-refractivity contribution in [2.75, 3.05) is 6.54 Å². The van der Waals surface area contributed by atoms with Crippen LogP contribution in [0.15, 0.2) is 0 Å². The van der Waals surface area contributed by atoms with Crippen LogP contribution >= 0.6 is 0 Å². The molecule has 0 aliphatic heterocycles. The number of rotatable bonds is 4. The highest BCUT2D eigenvalue weighted by Gasteiger charge is 1.99. The van der Waals surface area contributed by atoms with E-state index in [0.717, 1.165) is 6.42 Å². The van der Waals surface area contributed by atoms with E-state index in [0.29, 0.717) is 6.04 Å². The first-order valence-corrected chi connectivity index (χ1v) is 4.12. The fraction of sp³-hybridized carbons (Fsp3) is 0.875. The molecule has 0 heterocycles. The SMILES string of the molecule is CC.CCC(C)NCC(=O)O. The van der Waals surface area contributed by atoms with Crippen LogP contribution in [0, 0.1) is 0 Å². The summed E-state index contributed by atoms with van der Waals surface area (Å²) >= 11 is 0. The van der Waals surface area contributed by atoms with E-state index in [9.17, 15) is 4.79 Å². The molecule has 2 N–H and O–H groups in total. The molecule has 0 aromatic heterocycles. The van der Waals surface area contributed by atoms with Gasteiger partial charge in [-0.3, -0.25) is 4.79 Å². The maximum atomic E-state index is 9.96. The maximum Gasteiger partial charge on any atom is 0.317 e. The lowest BCUT2D eigenvalue weighted by atomic mass is 10.3. The lowest BCUT2D eigenvalue weighted by molar-refractivity contribution is -0.136. The van der Waals surface area contributed by atoms with Crippen molar-refractivity contribution in [3.63, 3.8) is 0 Å². The van der Waals surface area contributed by atoms with E-state index in [1.165, 1.54) is 0 Å². The van der Waals surface area contributed by atoms with E-state index in [4.69, 9.17) is 5.11 Å². The zero-order valence-corrected chi connectivity index (χ0v) is 7.85. The van der Waals surface area contributed by atoms with Crippen molar-refractivity contribution in [1.82, 2.24) is 5.32 Å². The van der Waals surface area contributed by atoms with E-state index in [-0.39, 0.29) is 6.54 Å².